The summed E-state index contributed by atoms with van der Waals surface area (Å²) in [6.07, 6.45) is 0.901. The minimum Gasteiger partial charge on any atom is -0.497 e. The molecule has 0 spiro atoms. The molecule has 18 heavy (non-hydrogen) atoms. The Labute approximate surface area is 114 Å². The van der Waals surface area contributed by atoms with Crippen LogP contribution in [0, 0.1) is 0 Å². The average molecular weight is 273 g/mol. The van der Waals surface area contributed by atoms with Crippen molar-refractivity contribution in [2.45, 2.75) is 19.3 Å². The van der Waals surface area contributed by atoms with Gasteiger partial charge < -0.3 is 15.8 Å². The van der Waals surface area contributed by atoms with Crippen molar-refractivity contribution < 1.29 is 9.53 Å². The molecule has 0 radical (unpaired) electrons. The highest BCUT2D eigenvalue weighted by atomic mass is 35.5. The van der Waals surface area contributed by atoms with Crippen LogP contribution in [-0.4, -0.2) is 26.1 Å². The highest BCUT2D eigenvalue weighted by Gasteiger charge is 2.06. The van der Waals surface area contributed by atoms with Crippen molar-refractivity contribution >= 4 is 18.3 Å². The molecule has 1 aromatic rings. The van der Waals surface area contributed by atoms with Crippen molar-refractivity contribution in [2.24, 2.45) is 5.73 Å². The molecule has 1 atom stereocenters. The van der Waals surface area contributed by atoms with Crippen molar-refractivity contribution in [1.82, 2.24) is 5.32 Å². The van der Waals surface area contributed by atoms with E-state index in [0.29, 0.717) is 12.5 Å². The number of nitrogens with one attached hydrogen (secondary N) is 1. The number of carbonyl (C=O) groups is 1. The van der Waals surface area contributed by atoms with Gasteiger partial charge in [-0.1, -0.05) is 19.1 Å². The number of hydrogen-bond donors (Lipinski definition) is 2. The number of halogens is 1. The number of methoxy groups -OCH3 is 1. The Balaban J connectivity index is 0.00000289. The lowest BCUT2D eigenvalue weighted by Crippen LogP contribution is -2.31. The molecule has 0 saturated carbocycles. The Morgan fingerprint density at radius 2 is 2.00 bits per heavy atom. The predicted octanol–water partition coefficient (Wildman–Crippen LogP) is 1.69. The Bertz CT molecular complexity index is 355. The van der Waals surface area contributed by atoms with Crippen LogP contribution >= 0.6 is 12.4 Å². The molecule has 4 nitrogen and oxygen atoms in total. The van der Waals surface area contributed by atoms with Gasteiger partial charge in [0.05, 0.1) is 13.7 Å². The summed E-state index contributed by atoms with van der Waals surface area (Å²) in [6, 6.07) is 8.00. The topological polar surface area (TPSA) is 64.3 Å². The molecule has 1 unspecified atom stereocenters. The van der Waals surface area contributed by atoms with Gasteiger partial charge in [-0.2, -0.15) is 0 Å². The van der Waals surface area contributed by atoms with Gasteiger partial charge in [0.1, 0.15) is 5.75 Å². The molecule has 0 aliphatic rings. The number of hydrogen-bond acceptors (Lipinski definition) is 3. The summed E-state index contributed by atoms with van der Waals surface area (Å²) < 4.78 is 5.11. The molecule has 0 aromatic heterocycles. The van der Waals surface area contributed by atoms with Gasteiger partial charge in [-0.15, -0.1) is 12.4 Å². The summed E-state index contributed by atoms with van der Waals surface area (Å²) in [4.78, 5) is 11.0. The molecular formula is C13H21ClN2O2. The van der Waals surface area contributed by atoms with E-state index in [2.05, 4.69) is 12.2 Å². The average Bonchev–Trinajstić information content (AvgIpc) is 2.38. The molecule has 5 heteroatoms. The second kappa shape index (κ2) is 8.78. The lowest BCUT2D eigenvalue weighted by Gasteiger charge is -2.12. The number of amides is 1. The van der Waals surface area contributed by atoms with Gasteiger partial charge in [-0.25, -0.2) is 0 Å². The fraction of sp³-hybridized carbons (Fsp3) is 0.462. The van der Waals surface area contributed by atoms with Crippen molar-refractivity contribution in [3.05, 3.63) is 29.8 Å². The lowest BCUT2D eigenvalue weighted by molar-refractivity contribution is -0.119. The molecule has 102 valence electrons. The van der Waals surface area contributed by atoms with Crippen LogP contribution in [0.3, 0.4) is 0 Å². The predicted molar refractivity (Wildman–Crippen MR) is 75.3 cm³/mol. The van der Waals surface area contributed by atoms with Crippen LogP contribution in [0.4, 0.5) is 0 Å². The van der Waals surface area contributed by atoms with Crippen LogP contribution < -0.4 is 15.8 Å². The first kappa shape index (κ1) is 16.7. The molecule has 0 aliphatic carbocycles. The quantitative estimate of drug-likeness (QED) is 0.828. The smallest absolute Gasteiger partial charge is 0.233 e. The van der Waals surface area contributed by atoms with Crippen LogP contribution in [0.5, 0.6) is 5.75 Å². The summed E-state index contributed by atoms with van der Waals surface area (Å²) in [5, 5.41) is 2.77. The molecule has 1 rings (SSSR count). The number of nitrogens with two attached hydrogens (primary N) is 1. The summed E-state index contributed by atoms with van der Waals surface area (Å²) in [5.74, 6) is 1.16. The molecule has 0 saturated heterocycles. The summed E-state index contributed by atoms with van der Waals surface area (Å²) in [5.41, 5.74) is 6.45. The van der Waals surface area contributed by atoms with Gasteiger partial charge in [0.2, 0.25) is 5.91 Å². The maximum absolute atomic E-state index is 11.0. The number of ether oxygens (including phenoxy) is 1. The van der Waals surface area contributed by atoms with Crippen LogP contribution in [0.25, 0.3) is 0 Å². The minimum atomic E-state index is -0.105. The van der Waals surface area contributed by atoms with Gasteiger partial charge >= 0.3 is 0 Å². The highest BCUT2D eigenvalue weighted by Crippen LogP contribution is 2.21. The summed E-state index contributed by atoms with van der Waals surface area (Å²) >= 11 is 0. The van der Waals surface area contributed by atoms with Gasteiger partial charge in [0.25, 0.3) is 0 Å². The second-order valence-corrected chi connectivity index (χ2v) is 4.02. The normalized spacial score (nSPS) is 11.3. The second-order valence-electron chi connectivity index (χ2n) is 4.02. The zero-order chi connectivity index (χ0) is 12.7. The van der Waals surface area contributed by atoms with E-state index in [0.717, 1.165) is 12.2 Å². The molecule has 1 amide bonds. The fourth-order valence-corrected chi connectivity index (χ4v) is 1.60. The molecule has 0 heterocycles. The monoisotopic (exact) mass is 272 g/mol. The third-order valence-corrected chi connectivity index (χ3v) is 2.77. The molecule has 1 aromatic carbocycles. The molecule has 3 N–H and O–H groups in total. The first-order valence-corrected chi connectivity index (χ1v) is 5.78. The van der Waals surface area contributed by atoms with E-state index in [1.165, 1.54) is 5.56 Å². The SMILES string of the molecule is COc1ccc(C(C)CCNC(=O)CN)cc1.Cl. The standard InChI is InChI=1S/C13H20N2O2.ClH/c1-10(7-8-15-13(16)9-14)11-3-5-12(17-2)6-4-11;/h3-6,10H,7-9,14H2,1-2H3,(H,15,16);1H. The fourth-order valence-electron chi connectivity index (χ4n) is 1.60. The Hall–Kier alpha value is -1.26. The Morgan fingerprint density at radius 1 is 1.39 bits per heavy atom. The first-order chi connectivity index (χ1) is 8.17. The van der Waals surface area contributed by atoms with Crippen molar-refractivity contribution in [2.75, 3.05) is 20.2 Å². The minimum absolute atomic E-state index is 0. The van der Waals surface area contributed by atoms with Gasteiger partial charge in [0, 0.05) is 6.54 Å². The van der Waals surface area contributed by atoms with E-state index in [4.69, 9.17) is 10.5 Å². The first-order valence-electron chi connectivity index (χ1n) is 5.78. The molecule has 0 bridgehead atoms. The zero-order valence-corrected chi connectivity index (χ0v) is 11.6. The summed E-state index contributed by atoms with van der Waals surface area (Å²) in [7, 11) is 1.65. The van der Waals surface area contributed by atoms with E-state index < -0.39 is 0 Å². The van der Waals surface area contributed by atoms with Gasteiger partial charge in [-0.05, 0) is 30.0 Å². The van der Waals surface area contributed by atoms with Crippen LogP contribution in [-0.2, 0) is 4.79 Å². The largest absolute Gasteiger partial charge is 0.497 e. The van der Waals surface area contributed by atoms with Crippen molar-refractivity contribution in [3.8, 4) is 5.75 Å². The Morgan fingerprint density at radius 3 is 2.50 bits per heavy atom. The maximum Gasteiger partial charge on any atom is 0.233 e. The van der Waals surface area contributed by atoms with E-state index in [1.807, 2.05) is 24.3 Å². The highest BCUT2D eigenvalue weighted by molar-refractivity contribution is 5.85. The van der Waals surface area contributed by atoms with Crippen molar-refractivity contribution in [3.63, 3.8) is 0 Å². The summed E-state index contributed by atoms with van der Waals surface area (Å²) in [6.45, 7) is 2.84. The van der Waals surface area contributed by atoms with E-state index in [9.17, 15) is 4.79 Å². The third kappa shape index (κ3) is 5.38. The molecule has 0 fully saturated rings. The van der Waals surface area contributed by atoms with E-state index in [-0.39, 0.29) is 24.9 Å². The van der Waals surface area contributed by atoms with Gasteiger partial charge in [0.15, 0.2) is 0 Å². The Kier molecular flexibility index (Phi) is 8.16. The maximum atomic E-state index is 11.0. The van der Waals surface area contributed by atoms with E-state index >= 15 is 0 Å². The van der Waals surface area contributed by atoms with E-state index in [1.54, 1.807) is 7.11 Å². The zero-order valence-electron chi connectivity index (χ0n) is 10.8. The molecule has 0 aliphatic heterocycles. The van der Waals surface area contributed by atoms with Crippen LogP contribution in [0.1, 0.15) is 24.8 Å². The number of rotatable bonds is 6. The van der Waals surface area contributed by atoms with Gasteiger partial charge in [-0.3, -0.25) is 4.79 Å². The van der Waals surface area contributed by atoms with Crippen molar-refractivity contribution in [1.29, 1.82) is 0 Å². The number of carbonyl (C=O) groups excluding carboxylic acids is 1. The van der Waals surface area contributed by atoms with Crippen LogP contribution in [0.2, 0.25) is 0 Å². The third-order valence-electron chi connectivity index (χ3n) is 2.77. The van der Waals surface area contributed by atoms with Crippen LogP contribution in [0.15, 0.2) is 24.3 Å². The number of benzene rings is 1. The lowest BCUT2D eigenvalue weighted by atomic mass is 9.98. The molecular weight excluding hydrogens is 252 g/mol.